The summed E-state index contributed by atoms with van der Waals surface area (Å²) in [6.07, 6.45) is 2.66. The van der Waals surface area contributed by atoms with Crippen LogP contribution in [0.2, 0.25) is 0 Å². The Morgan fingerprint density at radius 1 is 1.30 bits per heavy atom. The van der Waals surface area contributed by atoms with E-state index in [1.54, 1.807) is 0 Å². The van der Waals surface area contributed by atoms with Crippen molar-refractivity contribution in [3.63, 3.8) is 0 Å². The van der Waals surface area contributed by atoms with Crippen molar-refractivity contribution in [3.05, 3.63) is 39.4 Å². The molecule has 0 unspecified atom stereocenters. The zero-order chi connectivity index (χ0) is 15.3. The summed E-state index contributed by atoms with van der Waals surface area (Å²) in [5.41, 5.74) is -1.47. The predicted octanol–water partition coefficient (Wildman–Crippen LogP) is 3.14. The van der Waals surface area contributed by atoms with Gasteiger partial charge in [0.25, 0.3) is 5.91 Å². The number of hydrogen-bond donors (Lipinski definition) is 0. The Hall–Kier alpha value is -2.05. The maximum absolute atomic E-state index is 13.7. The lowest BCUT2D eigenvalue weighted by Gasteiger charge is -2.17. The van der Waals surface area contributed by atoms with Crippen LogP contribution in [0, 0.1) is 21.7 Å². The number of amides is 1. The molecule has 0 spiro atoms. The summed E-state index contributed by atoms with van der Waals surface area (Å²) in [7, 11) is 1.48. The van der Waals surface area contributed by atoms with Gasteiger partial charge in [-0.1, -0.05) is 19.8 Å². The second kappa shape index (κ2) is 6.93. The second-order valence-electron chi connectivity index (χ2n) is 4.47. The largest absolute Gasteiger partial charge is 0.342 e. The Kier molecular flexibility index (Phi) is 5.54. The molecule has 0 bridgehead atoms. The molecule has 1 aromatic carbocycles. The Labute approximate surface area is 115 Å². The molecule has 7 heteroatoms. The average molecular weight is 286 g/mol. The van der Waals surface area contributed by atoms with Crippen molar-refractivity contribution >= 4 is 11.6 Å². The molecule has 0 radical (unpaired) electrons. The standard InChI is InChI=1S/C13H16F2N2O3/c1-3-4-5-6-16(2)13(18)9-7-11(15)12(17(19)20)8-10(9)14/h7-8H,3-6H2,1-2H3. The molecule has 1 rings (SSSR count). The number of carbonyl (C=O) groups excluding carboxylic acids is 1. The quantitative estimate of drug-likeness (QED) is 0.458. The molecule has 0 N–H and O–H groups in total. The lowest BCUT2D eigenvalue weighted by Crippen LogP contribution is -2.28. The van der Waals surface area contributed by atoms with Gasteiger partial charge in [-0.05, 0) is 12.5 Å². The fourth-order valence-corrected chi connectivity index (χ4v) is 1.75. The van der Waals surface area contributed by atoms with Crippen molar-refractivity contribution < 1.29 is 18.5 Å². The number of hydrogen-bond acceptors (Lipinski definition) is 3. The highest BCUT2D eigenvalue weighted by Crippen LogP contribution is 2.22. The minimum atomic E-state index is -1.22. The summed E-state index contributed by atoms with van der Waals surface area (Å²) in [6, 6.07) is 1.01. The van der Waals surface area contributed by atoms with Crippen molar-refractivity contribution in [1.82, 2.24) is 4.90 Å². The molecule has 0 fully saturated rings. The molecule has 5 nitrogen and oxygen atoms in total. The zero-order valence-electron chi connectivity index (χ0n) is 11.4. The van der Waals surface area contributed by atoms with Crippen LogP contribution >= 0.6 is 0 Å². The average Bonchev–Trinajstić information content (AvgIpc) is 2.40. The minimum Gasteiger partial charge on any atom is -0.342 e. The fraction of sp³-hybridized carbons (Fsp3) is 0.462. The topological polar surface area (TPSA) is 63.5 Å². The SMILES string of the molecule is CCCCCN(C)C(=O)c1cc(F)c([N+](=O)[O-])cc1F. The summed E-state index contributed by atoms with van der Waals surface area (Å²) in [5.74, 6) is -3.00. The number of halogens is 2. The number of carbonyl (C=O) groups is 1. The smallest absolute Gasteiger partial charge is 0.307 e. The molecular weight excluding hydrogens is 270 g/mol. The van der Waals surface area contributed by atoms with Gasteiger partial charge in [-0.25, -0.2) is 4.39 Å². The van der Waals surface area contributed by atoms with Crippen molar-refractivity contribution in [1.29, 1.82) is 0 Å². The van der Waals surface area contributed by atoms with Crippen LogP contribution in [0.1, 0.15) is 36.5 Å². The van der Waals surface area contributed by atoms with Crippen LogP contribution in [0.5, 0.6) is 0 Å². The van der Waals surface area contributed by atoms with Gasteiger partial charge in [-0.2, -0.15) is 4.39 Å². The molecule has 0 aliphatic rings. The summed E-state index contributed by atoms with van der Waals surface area (Å²) < 4.78 is 27.1. The first-order valence-corrected chi connectivity index (χ1v) is 6.27. The van der Waals surface area contributed by atoms with E-state index in [1.165, 1.54) is 11.9 Å². The van der Waals surface area contributed by atoms with Crippen LogP contribution in [0.4, 0.5) is 14.5 Å². The molecule has 20 heavy (non-hydrogen) atoms. The van der Waals surface area contributed by atoms with Gasteiger partial charge in [0.05, 0.1) is 16.6 Å². The van der Waals surface area contributed by atoms with Crippen LogP contribution in [0.25, 0.3) is 0 Å². The number of rotatable bonds is 6. The van der Waals surface area contributed by atoms with Gasteiger partial charge in [0.2, 0.25) is 5.82 Å². The molecule has 0 heterocycles. The summed E-state index contributed by atoms with van der Waals surface area (Å²) in [6.45, 7) is 2.43. The molecule has 1 amide bonds. The number of nitro benzene ring substituents is 1. The predicted molar refractivity (Wildman–Crippen MR) is 69.5 cm³/mol. The van der Waals surface area contributed by atoms with Crippen molar-refractivity contribution in [2.45, 2.75) is 26.2 Å². The third kappa shape index (κ3) is 3.72. The lowest BCUT2D eigenvalue weighted by atomic mass is 10.1. The van der Waals surface area contributed by atoms with Gasteiger partial charge in [0.15, 0.2) is 0 Å². The molecular formula is C13H16F2N2O3. The lowest BCUT2D eigenvalue weighted by molar-refractivity contribution is -0.387. The van der Waals surface area contributed by atoms with E-state index in [2.05, 4.69) is 0 Å². The minimum absolute atomic E-state index is 0.421. The number of benzene rings is 1. The second-order valence-corrected chi connectivity index (χ2v) is 4.47. The van der Waals surface area contributed by atoms with E-state index >= 15 is 0 Å². The van der Waals surface area contributed by atoms with Gasteiger partial charge in [0, 0.05) is 13.6 Å². The van der Waals surface area contributed by atoms with Crippen molar-refractivity contribution in [2.75, 3.05) is 13.6 Å². The first kappa shape index (κ1) is 16.0. The molecule has 0 aliphatic heterocycles. The number of unbranched alkanes of at least 4 members (excludes halogenated alkanes) is 2. The van der Waals surface area contributed by atoms with E-state index in [1.807, 2.05) is 6.92 Å². The summed E-state index contributed by atoms with van der Waals surface area (Å²) in [5, 5.41) is 10.5. The normalized spacial score (nSPS) is 10.4. The van der Waals surface area contributed by atoms with Crippen molar-refractivity contribution in [3.8, 4) is 0 Å². The Balaban J connectivity index is 2.93. The summed E-state index contributed by atoms with van der Waals surface area (Å²) in [4.78, 5) is 22.7. The molecule has 1 aromatic rings. The van der Waals surface area contributed by atoms with Crippen molar-refractivity contribution in [2.24, 2.45) is 0 Å². The van der Waals surface area contributed by atoms with Gasteiger partial charge >= 0.3 is 5.69 Å². The fourth-order valence-electron chi connectivity index (χ4n) is 1.75. The molecule has 0 aliphatic carbocycles. The van der Waals surface area contributed by atoms with E-state index in [9.17, 15) is 23.7 Å². The molecule has 110 valence electrons. The number of nitrogens with zero attached hydrogens (tertiary/aromatic N) is 2. The van der Waals surface area contributed by atoms with Gasteiger partial charge in [-0.3, -0.25) is 14.9 Å². The van der Waals surface area contributed by atoms with Crippen LogP contribution in [0.15, 0.2) is 12.1 Å². The molecule has 0 atom stereocenters. The Bertz CT molecular complexity index is 521. The van der Waals surface area contributed by atoms with Gasteiger partial charge in [0.1, 0.15) is 5.82 Å². The summed E-state index contributed by atoms with van der Waals surface area (Å²) >= 11 is 0. The monoisotopic (exact) mass is 286 g/mol. The third-order valence-corrected chi connectivity index (χ3v) is 2.91. The van der Waals surface area contributed by atoms with Gasteiger partial charge in [-0.15, -0.1) is 0 Å². The number of nitro groups is 1. The molecule has 0 saturated heterocycles. The zero-order valence-corrected chi connectivity index (χ0v) is 11.4. The van der Waals surface area contributed by atoms with E-state index in [0.717, 1.165) is 19.3 Å². The first-order valence-electron chi connectivity index (χ1n) is 6.27. The first-order chi connectivity index (χ1) is 9.38. The van der Waals surface area contributed by atoms with Crippen LogP contribution in [-0.4, -0.2) is 29.3 Å². The third-order valence-electron chi connectivity index (χ3n) is 2.91. The van der Waals surface area contributed by atoms with Crippen LogP contribution in [0.3, 0.4) is 0 Å². The Morgan fingerprint density at radius 2 is 1.95 bits per heavy atom. The maximum atomic E-state index is 13.7. The van der Waals surface area contributed by atoms with Crippen LogP contribution < -0.4 is 0 Å². The maximum Gasteiger partial charge on any atom is 0.307 e. The molecule has 0 aromatic heterocycles. The van der Waals surface area contributed by atoms with Crippen LogP contribution in [-0.2, 0) is 0 Å². The van der Waals surface area contributed by atoms with Gasteiger partial charge < -0.3 is 4.90 Å². The highest BCUT2D eigenvalue weighted by Gasteiger charge is 2.23. The van der Waals surface area contributed by atoms with E-state index in [0.29, 0.717) is 18.7 Å². The van der Waals surface area contributed by atoms with E-state index < -0.39 is 33.7 Å². The Morgan fingerprint density at radius 3 is 2.50 bits per heavy atom. The highest BCUT2D eigenvalue weighted by molar-refractivity contribution is 5.94. The molecule has 0 saturated carbocycles. The highest BCUT2D eigenvalue weighted by atomic mass is 19.1. The van der Waals surface area contributed by atoms with E-state index in [-0.39, 0.29) is 0 Å². The van der Waals surface area contributed by atoms with E-state index in [4.69, 9.17) is 0 Å².